The predicted molar refractivity (Wildman–Crippen MR) is 121 cm³/mol. The fraction of sp³-hybridized carbons (Fsp3) is 0.261. The van der Waals surface area contributed by atoms with E-state index < -0.39 is 15.3 Å². The van der Waals surface area contributed by atoms with Crippen molar-refractivity contribution in [2.24, 2.45) is 0 Å². The van der Waals surface area contributed by atoms with Gasteiger partial charge in [-0.25, -0.2) is 27.5 Å². The first kappa shape index (κ1) is 23.5. The molecule has 0 spiro atoms. The molecule has 0 radical (unpaired) electrons. The summed E-state index contributed by atoms with van der Waals surface area (Å²) in [6, 6.07) is 13.3. The van der Waals surface area contributed by atoms with Crippen molar-refractivity contribution < 1.29 is 17.6 Å². The summed E-state index contributed by atoms with van der Waals surface area (Å²) in [5.74, 6) is -0.376. The number of halogens is 1. The molecule has 168 valence electrons. The molecule has 0 bridgehead atoms. The summed E-state index contributed by atoms with van der Waals surface area (Å²) in [6.45, 7) is 5.36. The quantitative estimate of drug-likeness (QED) is 0.541. The number of nitrogens with zero attached hydrogens (tertiary/aromatic N) is 2. The molecule has 1 heterocycles. The Morgan fingerprint density at radius 3 is 2.41 bits per heavy atom. The zero-order chi connectivity index (χ0) is 23.3. The number of carbonyl (C=O) groups is 1. The van der Waals surface area contributed by atoms with Crippen molar-refractivity contribution in [1.82, 2.24) is 20.0 Å². The fourth-order valence-electron chi connectivity index (χ4n) is 2.93. The summed E-state index contributed by atoms with van der Waals surface area (Å²) >= 11 is 0. The molecule has 0 fully saturated rings. The highest BCUT2D eigenvalue weighted by atomic mass is 32.2. The molecule has 0 atom stereocenters. The van der Waals surface area contributed by atoms with Crippen LogP contribution in [0, 0.1) is 12.7 Å². The second kappa shape index (κ2) is 9.97. The van der Waals surface area contributed by atoms with Crippen molar-refractivity contribution in [3.63, 3.8) is 0 Å². The van der Waals surface area contributed by atoms with Gasteiger partial charge in [-0.3, -0.25) is 4.79 Å². The van der Waals surface area contributed by atoms with Crippen molar-refractivity contribution in [3.8, 4) is 11.4 Å². The van der Waals surface area contributed by atoms with E-state index in [2.05, 4.69) is 20.0 Å². The Balaban J connectivity index is 1.64. The van der Waals surface area contributed by atoms with Gasteiger partial charge in [0, 0.05) is 24.8 Å². The number of carbonyl (C=O) groups excluding carboxylic acids is 1. The van der Waals surface area contributed by atoms with Crippen LogP contribution < -0.4 is 10.0 Å². The van der Waals surface area contributed by atoms with E-state index in [1.54, 1.807) is 32.9 Å². The highest BCUT2D eigenvalue weighted by molar-refractivity contribution is 7.90. The highest BCUT2D eigenvalue weighted by Gasteiger charge is 2.15. The topological polar surface area (TPSA) is 101 Å². The monoisotopic (exact) mass is 456 g/mol. The lowest BCUT2D eigenvalue weighted by Crippen LogP contribution is -2.30. The van der Waals surface area contributed by atoms with Gasteiger partial charge in [-0.2, -0.15) is 0 Å². The number of nitrogens with one attached hydrogen (secondary N) is 2. The number of hydrogen-bond acceptors (Lipinski definition) is 5. The van der Waals surface area contributed by atoms with Crippen LogP contribution in [0.4, 0.5) is 4.39 Å². The molecule has 3 aromatic rings. The van der Waals surface area contributed by atoms with Gasteiger partial charge in [0.1, 0.15) is 5.82 Å². The van der Waals surface area contributed by atoms with Crippen LogP contribution in [0.5, 0.6) is 0 Å². The van der Waals surface area contributed by atoms with Gasteiger partial charge < -0.3 is 5.32 Å². The van der Waals surface area contributed by atoms with Gasteiger partial charge in [-0.1, -0.05) is 36.4 Å². The Morgan fingerprint density at radius 1 is 1.06 bits per heavy atom. The molecule has 32 heavy (non-hydrogen) atoms. The molecule has 2 aromatic carbocycles. The molecule has 1 amide bonds. The number of benzene rings is 2. The summed E-state index contributed by atoms with van der Waals surface area (Å²) in [6.07, 6.45) is 1.43. The van der Waals surface area contributed by atoms with Crippen LogP contribution in [0.2, 0.25) is 0 Å². The van der Waals surface area contributed by atoms with Crippen LogP contribution in [0.15, 0.2) is 54.7 Å². The fourth-order valence-corrected chi connectivity index (χ4v) is 3.64. The lowest BCUT2D eigenvalue weighted by Gasteiger charge is -2.11. The lowest BCUT2D eigenvalue weighted by atomic mass is 10.1. The van der Waals surface area contributed by atoms with Gasteiger partial charge >= 0.3 is 0 Å². The first-order valence-corrected chi connectivity index (χ1v) is 11.6. The lowest BCUT2D eigenvalue weighted by molar-refractivity contribution is 0.0949. The molecule has 7 nitrogen and oxygen atoms in total. The largest absolute Gasteiger partial charge is 0.348 e. The van der Waals surface area contributed by atoms with E-state index in [1.165, 1.54) is 18.3 Å². The summed E-state index contributed by atoms with van der Waals surface area (Å²) < 4.78 is 39.9. The van der Waals surface area contributed by atoms with Crippen LogP contribution in [0.25, 0.3) is 11.4 Å². The SMILES string of the molecule is Cc1nc(-c2cccc(F)c2)ncc1C(=O)NCc1cccc(CNS(=O)(=O)C(C)C)c1. The van der Waals surface area contributed by atoms with E-state index in [0.717, 1.165) is 11.1 Å². The Morgan fingerprint density at radius 2 is 1.75 bits per heavy atom. The maximum atomic E-state index is 13.4. The van der Waals surface area contributed by atoms with Gasteiger partial charge in [-0.05, 0) is 44.0 Å². The third-order valence-electron chi connectivity index (χ3n) is 4.85. The van der Waals surface area contributed by atoms with Crippen LogP contribution >= 0.6 is 0 Å². The van der Waals surface area contributed by atoms with E-state index in [0.29, 0.717) is 22.6 Å². The third kappa shape index (κ3) is 5.95. The van der Waals surface area contributed by atoms with E-state index in [4.69, 9.17) is 0 Å². The van der Waals surface area contributed by atoms with Gasteiger partial charge in [0.15, 0.2) is 5.82 Å². The van der Waals surface area contributed by atoms with E-state index in [-0.39, 0.29) is 24.8 Å². The smallest absolute Gasteiger partial charge is 0.254 e. The molecular formula is C23H25FN4O3S. The van der Waals surface area contributed by atoms with Crippen LogP contribution in [0.3, 0.4) is 0 Å². The number of amides is 1. The highest BCUT2D eigenvalue weighted by Crippen LogP contribution is 2.17. The maximum absolute atomic E-state index is 13.4. The van der Waals surface area contributed by atoms with Crippen molar-refractivity contribution in [2.45, 2.75) is 39.1 Å². The minimum Gasteiger partial charge on any atom is -0.348 e. The van der Waals surface area contributed by atoms with E-state index in [1.807, 2.05) is 24.3 Å². The second-order valence-electron chi connectivity index (χ2n) is 7.62. The standard InChI is InChI=1S/C23H25FN4O3S/c1-15(2)32(30,31)27-13-18-7-4-6-17(10-18)12-26-23(29)21-14-25-22(28-16(21)3)19-8-5-9-20(24)11-19/h4-11,14-15,27H,12-13H2,1-3H3,(H,26,29). The Labute approximate surface area is 187 Å². The number of rotatable bonds is 8. The minimum atomic E-state index is -3.36. The van der Waals surface area contributed by atoms with Crippen LogP contribution in [-0.2, 0) is 23.1 Å². The summed E-state index contributed by atoms with van der Waals surface area (Å²) in [5.41, 5.74) is 2.96. The molecule has 0 aliphatic carbocycles. The third-order valence-corrected chi connectivity index (χ3v) is 6.64. The first-order valence-electron chi connectivity index (χ1n) is 10.1. The molecule has 0 aliphatic heterocycles. The molecule has 3 rings (SSSR count). The summed E-state index contributed by atoms with van der Waals surface area (Å²) in [7, 11) is -3.36. The van der Waals surface area contributed by atoms with Gasteiger partial charge in [0.2, 0.25) is 10.0 Å². The number of sulfonamides is 1. The van der Waals surface area contributed by atoms with E-state index >= 15 is 0 Å². The van der Waals surface area contributed by atoms with Crippen molar-refractivity contribution >= 4 is 15.9 Å². The zero-order valence-electron chi connectivity index (χ0n) is 18.1. The zero-order valence-corrected chi connectivity index (χ0v) is 18.9. The maximum Gasteiger partial charge on any atom is 0.254 e. The van der Waals surface area contributed by atoms with Crippen molar-refractivity contribution in [3.05, 3.63) is 82.9 Å². The average Bonchev–Trinajstić information content (AvgIpc) is 2.76. The Kier molecular flexibility index (Phi) is 7.32. The molecule has 9 heteroatoms. The average molecular weight is 457 g/mol. The molecular weight excluding hydrogens is 431 g/mol. The predicted octanol–water partition coefficient (Wildman–Crippen LogP) is 3.35. The number of aromatic nitrogens is 2. The van der Waals surface area contributed by atoms with E-state index in [9.17, 15) is 17.6 Å². The number of hydrogen-bond donors (Lipinski definition) is 2. The van der Waals surface area contributed by atoms with Gasteiger partial charge in [0.05, 0.1) is 16.5 Å². The van der Waals surface area contributed by atoms with Crippen molar-refractivity contribution in [2.75, 3.05) is 0 Å². The molecule has 1 aromatic heterocycles. The van der Waals surface area contributed by atoms with Gasteiger partial charge in [-0.15, -0.1) is 0 Å². The van der Waals surface area contributed by atoms with Gasteiger partial charge in [0.25, 0.3) is 5.91 Å². The summed E-state index contributed by atoms with van der Waals surface area (Å²) in [5, 5.41) is 2.31. The van der Waals surface area contributed by atoms with Crippen molar-refractivity contribution in [1.29, 1.82) is 0 Å². The molecule has 2 N–H and O–H groups in total. The molecule has 0 aliphatic rings. The normalized spacial score (nSPS) is 11.5. The molecule has 0 unspecified atom stereocenters. The van der Waals surface area contributed by atoms with Crippen LogP contribution in [-0.4, -0.2) is 29.5 Å². The minimum absolute atomic E-state index is 0.177. The Bertz CT molecular complexity index is 1230. The first-order chi connectivity index (χ1) is 15.2. The summed E-state index contributed by atoms with van der Waals surface area (Å²) in [4.78, 5) is 21.1. The molecule has 0 saturated heterocycles. The number of aryl methyl sites for hydroxylation is 1. The van der Waals surface area contributed by atoms with Crippen LogP contribution in [0.1, 0.15) is 41.0 Å². The Hall–Kier alpha value is -3.17. The molecule has 0 saturated carbocycles. The second-order valence-corrected chi connectivity index (χ2v) is 9.94.